The molecule has 4 aromatic rings. The number of carbonyl (C=O) groups excluding carboxylic acids is 1. The molecule has 1 aliphatic rings. The second-order valence-electron chi connectivity index (χ2n) is 10.0. The van der Waals surface area contributed by atoms with Gasteiger partial charge < -0.3 is 14.1 Å². The van der Waals surface area contributed by atoms with Crippen molar-refractivity contribution in [2.75, 3.05) is 26.2 Å². The van der Waals surface area contributed by atoms with Crippen molar-refractivity contribution in [3.63, 3.8) is 0 Å². The molecule has 40 heavy (non-hydrogen) atoms. The number of amides is 1. The van der Waals surface area contributed by atoms with E-state index in [0.717, 1.165) is 33.4 Å². The van der Waals surface area contributed by atoms with Gasteiger partial charge in [0.2, 0.25) is 11.2 Å². The molecule has 0 aliphatic carbocycles. The molecule has 2 heterocycles. The number of rotatable bonds is 7. The van der Waals surface area contributed by atoms with Gasteiger partial charge in [-0.15, -0.1) is 0 Å². The van der Waals surface area contributed by atoms with E-state index in [-0.39, 0.29) is 23.7 Å². The third kappa shape index (κ3) is 5.98. The molecule has 1 aromatic heterocycles. The third-order valence-corrected chi connectivity index (χ3v) is 7.43. The largest absolute Gasteiger partial charge is 0.482 e. The summed E-state index contributed by atoms with van der Waals surface area (Å²) >= 11 is 0. The molecule has 0 saturated carbocycles. The zero-order valence-corrected chi connectivity index (χ0v) is 22.7. The van der Waals surface area contributed by atoms with Crippen LogP contribution in [-0.2, 0) is 13.2 Å². The van der Waals surface area contributed by atoms with Gasteiger partial charge in [-0.05, 0) is 53.8 Å². The fourth-order valence-corrected chi connectivity index (χ4v) is 4.88. The second kappa shape index (κ2) is 12.0. The number of aryl methyl sites for hydroxylation is 1. The second-order valence-corrected chi connectivity index (χ2v) is 10.0. The van der Waals surface area contributed by atoms with Crippen molar-refractivity contribution in [3.05, 3.63) is 123 Å². The number of hydrogen-bond donors (Lipinski definition) is 0. The maximum atomic E-state index is 13.0. The summed E-state index contributed by atoms with van der Waals surface area (Å²) in [6, 6.07) is 24.7. The molecule has 1 saturated heterocycles. The van der Waals surface area contributed by atoms with Crippen LogP contribution >= 0.6 is 0 Å². The van der Waals surface area contributed by atoms with Crippen molar-refractivity contribution in [3.8, 4) is 22.9 Å². The number of nitrogens with zero attached hydrogens (tertiary/aromatic N) is 3. The lowest BCUT2D eigenvalue weighted by Gasteiger charge is -2.34. The molecule has 0 radical (unpaired) electrons. The van der Waals surface area contributed by atoms with Crippen LogP contribution in [0.5, 0.6) is 5.75 Å². The molecule has 1 fully saturated rings. The number of piperazine rings is 1. The number of nitriles is 1. The van der Waals surface area contributed by atoms with Crippen LogP contribution in [0.15, 0.2) is 88.3 Å². The maximum Gasteiger partial charge on any atom is 0.254 e. The van der Waals surface area contributed by atoms with Crippen molar-refractivity contribution in [1.29, 1.82) is 5.26 Å². The minimum absolute atomic E-state index is 0.0653. The molecular formula is C33H31N3O4. The summed E-state index contributed by atoms with van der Waals surface area (Å²) in [7, 11) is 0. The zero-order chi connectivity index (χ0) is 28.1. The topological polar surface area (TPSA) is 86.8 Å². The lowest BCUT2D eigenvalue weighted by molar-refractivity contribution is 0.0618. The molecule has 0 N–H and O–H groups in total. The Balaban J connectivity index is 1.14. The van der Waals surface area contributed by atoms with Crippen molar-refractivity contribution in [1.82, 2.24) is 9.80 Å². The molecule has 0 atom stereocenters. The van der Waals surface area contributed by atoms with Gasteiger partial charge in [-0.3, -0.25) is 14.5 Å². The van der Waals surface area contributed by atoms with Gasteiger partial charge in [0.15, 0.2) is 0 Å². The normalized spacial score (nSPS) is 13.6. The van der Waals surface area contributed by atoms with Gasteiger partial charge in [0.25, 0.3) is 5.91 Å². The van der Waals surface area contributed by atoms with E-state index in [1.54, 1.807) is 6.07 Å². The van der Waals surface area contributed by atoms with Crippen LogP contribution in [0.1, 0.15) is 38.4 Å². The Kier molecular flexibility index (Phi) is 8.09. The Morgan fingerprint density at radius 3 is 2.45 bits per heavy atom. The summed E-state index contributed by atoms with van der Waals surface area (Å²) in [6.07, 6.45) is 1.37. The number of ether oxygens (including phenoxy) is 1. The van der Waals surface area contributed by atoms with Gasteiger partial charge in [0.1, 0.15) is 18.6 Å². The van der Waals surface area contributed by atoms with Crippen molar-refractivity contribution in [2.24, 2.45) is 0 Å². The molecule has 3 aromatic carbocycles. The van der Waals surface area contributed by atoms with Gasteiger partial charge in [0, 0.05) is 37.8 Å². The summed E-state index contributed by atoms with van der Waals surface area (Å²) in [4.78, 5) is 29.8. The molecule has 0 unspecified atom stereocenters. The number of hydrogen-bond acceptors (Lipinski definition) is 6. The first-order valence-corrected chi connectivity index (χ1v) is 13.3. The van der Waals surface area contributed by atoms with Crippen molar-refractivity contribution < 1.29 is 13.9 Å². The van der Waals surface area contributed by atoms with Gasteiger partial charge in [-0.2, -0.15) is 5.26 Å². The molecule has 1 amide bonds. The molecule has 7 nitrogen and oxygen atoms in total. The first-order valence-electron chi connectivity index (χ1n) is 13.3. The summed E-state index contributed by atoms with van der Waals surface area (Å²) in [5.41, 5.74) is 6.01. The van der Waals surface area contributed by atoms with Crippen LogP contribution in [0.4, 0.5) is 0 Å². The number of carbonyl (C=O) groups is 1. The molecule has 0 spiro atoms. The summed E-state index contributed by atoms with van der Waals surface area (Å²) < 4.78 is 11.5. The first-order chi connectivity index (χ1) is 19.4. The molecular weight excluding hydrogens is 502 g/mol. The Bertz CT molecular complexity index is 1610. The van der Waals surface area contributed by atoms with Gasteiger partial charge >= 0.3 is 0 Å². The van der Waals surface area contributed by atoms with Crippen LogP contribution in [0, 0.1) is 25.2 Å². The van der Waals surface area contributed by atoms with Crippen LogP contribution in [0.3, 0.4) is 0 Å². The first kappa shape index (κ1) is 26.9. The Morgan fingerprint density at radius 1 is 0.975 bits per heavy atom. The van der Waals surface area contributed by atoms with Crippen LogP contribution in [0.2, 0.25) is 0 Å². The quantitative estimate of drug-likeness (QED) is 0.319. The predicted octanol–water partition coefficient (Wildman–Crippen LogP) is 5.33. The van der Waals surface area contributed by atoms with Crippen molar-refractivity contribution >= 4 is 5.91 Å². The monoisotopic (exact) mass is 533 g/mol. The fraction of sp³-hybridized carbons (Fsp3) is 0.242. The van der Waals surface area contributed by atoms with Crippen LogP contribution < -0.4 is 10.2 Å². The number of benzene rings is 3. The average molecular weight is 534 g/mol. The van der Waals surface area contributed by atoms with E-state index < -0.39 is 0 Å². The lowest BCUT2D eigenvalue weighted by atomic mass is 9.99. The standard InChI is InChI=1S/C33H31N3O4/c1-23-6-5-9-29(24(23)2)33(38)36-16-14-35(15-17-36)20-28-18-31(37)32(22-39-28)40-21-25-10-12-26(13-11-25)30-8-4-3-7-27(30)19-34/h3-13,18,22H,14-17,20-21H2,1-2H3. The van der Waals surface area contributed by atoms with E-state index in [4.69, 9.17) is 9.15 Å². The molecule has 0 bridgehead atoms. The smallest absolute Gasteiger partial charge is 0.254 e. The van der Waals surface area contributed by atoms with Gasteiger partial charge in [0.05, 0.1) is 18.2 Å². The van der Waals surface area contributed by atoms with E-state index in [1.807, 2.05) is 79.4 Å². The molecule has 202 valence electrons. The highest BCUT2D eigenvalue weighted by molar-refractivity contribution is 5.96. The highest BCUT2D eigenvalue weighted by Crippen LogP contribution is 2.24. The summed E-state index contributed by atoms with van der Waals surface area (Å²) in [5.74, 6) is 0.786. The van der Waals surface area contributed by atoms with Crippen molar-refractivity contribution in [2.45, 2.75) is 27.0 Å². The van der Waals surface area contributed by atoms with E-state index >= 15 is 0 Å². The van der Waals surface area contributed by atoms with Gasteiger partial charge in [-0.1, -0.05) is 54.6 Å². The Labute approximate surface area is 233 Å². The van der Waals surface area contributed by atoms with E-state index in [9.17, 15) is 14.9 Å². The zero-order valence-electron chi connectivity index (χ0n) is 22.7. The molecule has 7 heteroatoms. The summed E-state index contributed by atoms with van der Waals surface area (Å²) in [5, 5.41) is 9.34. The fourth-order valence-electron chi connectivity index (χ4n) is 4.88. The average Bonchev–Trinajstić information content (AvgIpc) is 2.98. The third-order valence-electron chi connectivity index (χ3n) is 7.43. The van der Waals surface area contributed by atoms with Crippen LogP contribution in [-0.4, -0.2) is 41.9 Å². The van der Waals surface area contributed by atoms with Crippen LogP contribution in [0.25, 0.3) is 11.1 Å². The minimum atomic E-state index is -0.232. The van der Waals surface area contributed by atoms with E-state index in [0.29, 0.717) is 44.0 Å². The highest BCUT2D eigenvalue weighted by Gasteiger charge is 2.24. The minimum Gasteiger partial charge on any atom is -0.482 e. The van der Waals surface area contributed by atoms with Gasteiger partial charge in [-0.25, -0.2) is 0 Å². The lowest BCUT2D eigenvalue weighted by Crippen LogP contribution is -2.48. The Morgan fingerprint density at radius 2 is 1.73 bits per heavy atom. The maximum absolute atomic E-state index is 13.0. The SMILES string of the molecule is Cc1cccc(C(=O)N2CCN(Cc3cc(=O)c(OCc4ccc(-c5ccccc5C#N)cc4)co3)CC2)c1C. The molecule has 5 rings (SSSR count). The van der Waals surface area contributed by atoms with E-state index in [2.05, 4.69) is 11.0 Å². The van der Waals surface area contributed by atoms with E-state index in [1.165, 1.54) is 12.3 Å². The summed E-state index contributed by atoms with van der Waals surface area (Å²) in [6.45, 7) is 7.37. The predicted molar refractivity (Wildman–Crippen MR) is 153 cm³/mol. The highest BCUT2D eigenvalue weighted by atomic mass is 16.5. The Hall–Kier alpha value is -4.67. The molecule has 1 aliphatic heterocycles.